The molecule has 1 aromatic rings. The highest BCUT2D eigenvalue weighted by atomic mass is 19.1. The van der Waals surface area contributed by atoms with Gasteiger partial charge in [0.15, 0.2) is 11.6 Å². The molecule has 1 nitrogen and oxygen atoms in total. The van der Waals surface area contributed by atoms with Gasteiger partial charge < -0.3 is 4.74 Å². The maximum Gasteiger partial charge on any atom is 0.165 e. The minimum Gasteiger partial charge on any atom is -0.491 e. The Balaban J connectivity index is 1.32. The van der Waals surface area contributed by atoms with E-state index in [-0.39, 0.29) is 5.82 Å². The lowest BCUT2D eigenvalue weighted by molar-refractivity contribution is 0.235. The fourth-order valence-electron chi connectivity index (χ4n) is 5.65. The summed E-state index contributed by atoms with van der Waals surface area (Å²) in [6.07, 6.45) is 23.5. The number of benzene rings is 1. The summed E-state index contributed by atoms with van der Waals surface area (Å²) in [5.74, 6) is 3.12. The molecule has 1 unspecified atom stereocenters. The number of hydrogen-bond acceptors (Lipinski definition) is 1. The number of hydrogen-bond donors (Lipinski definition) is 0. The molecule has 0 aliphatic heterocycles. The average molecular weight is 443 g/mol. The third-order valence-corrected chi connectivity index (χ3v) is 8.02. The van der Waals surface area contributed by atoms with Crippen LogP contribution in [0.5, 0.6) is 5.75 Å². The first-order chi connectivity index (χ1) is 15.7. The maximum atomic E-state index is 14.3. The van der Waals surface area contributed by atoms with E-state index < -0.39 is 0 Å². The van der Waals surface area contributed by atoms with E-state index in [1.807, 2.05) is 12.1 Å². The number of ether oxygens (including phenoxy) is 1. The Bertz CT molecular complexity index is 686. The summed E-state index contributed by atoms with van der Waals surface area (Å²) in [6, 6.07) is 5.51. The third-order valence-electron chi connectivity index (χ3n) is 8.02. The van der Waals surface area contributed by atoms with Crippen LogP contribution in [0, 0.1) is 23.6 Å². The van der Waals surface area contributed by atoms with Crippen molar-refractivity contribution in [3.63, 3.8) is 0 Å². The van der Waals surface area contributed by atoms with E-state index in [9.17, 15) is 4.39 Å². The van der Waals surface area contributed by atoms with Crippen LogP contribution < -0.4 is 4.74 Å². The van der Waals surface area contributed by atoms with Crippen molar-refractivity contribution in [2.75, 3.05) is 6.61 Å². The van der Waals surface area contributed by atoms with E-state index in [0.29, 0.717) is 12.4 Å². The second-order valence-electron chi connectivity index (χ2n) is 10.6. The smallest absolute Gasteiger partial charge is 0.165 e. The molecule has 180 valence electrons. The molecule has 1 fully saturated rings. The van der Waals surface area contributed by atoms with Crippen LogP contribution in [-0.4, -0.2) is 6.61 Å². The van der Waals surface area contributed by atoms with Crippen molar-refractivity contribution in [1.29, 1.82) is 0 Å². The lowest BCUT2D eigenvalue weighted by Crippen LogP contribution is -2.16. The molecular formula is C30H47FO. The molecule has 2 aliphatic carbocycles. The largest absolute Gasteiger partial charge is 0.491 e. The molecular weight excluding hydrogens is 395 g/mol. The maximum absolute atomic E-state index is 14.3. The second-order valence-corrected chi connectivity index (χ2v) is 10.6. The van der Waals surface area contributed by atoms with Crippen molar-refractivity contribution >= 4 is 0 Å². The summed E-state index contributed by atoms with van der Waals surface area (Å²) < 4.78 is 19.8. The summed E-state index contributed by atoms with van der Waals surface area (Å²) in [4.78, 5) is 0. The van der Waals surface area contributed by atoms with Gasteiger partial charge in [0, 0.05) is 0 Å². The zero-order valence-electron chi connectivity index (χ0n) is 20.8. The van der Waals surface area contributed by atoms with Gasteiger partial charge in [0.05, 0.1) is 6.61 Å². The van der Waals surface area contributed by atoms with Crippen LogP contribution in [0.15, 0.2) is 29.8 Å². The van der Waals surface area contributed by atoms with Crippen molar-refractivity contribution in [2.24, 2.45) is 17.8 Å². The molecule has 0 aromatic heterocycles. The van der Waals surface area contributed by atoms with Gasteiger partial charge in [-0.05, 0) is 80.4 Å². The first kappa shape index (κ1) is 25.3. The van der Waals surface area contributed by atoms with Crippen LogP contribution in [0.2, 0.25) is 0 Å². The molecule has 0 saturated heterocycles. The van der Waals surface area contributed by atoms with Gasteiger partial charge >= 0.3 is 0 Å². The van der Waals surface area contributed by atoms with Crippen LogP contribution in [0.25, 0.3) is 0 Å². The fourth-order valence-corrected chi connectivity index (χ4v) is 5.65. The van der Waals surface area contributed by atoms with Crippen molar-refractivity contribution in [1.82, 2.24) is 0 Å². The topological polar surface area (TPSA) is 9.23 Å². The quantitative estimate of drug-likeness (QED) is 0.218. The minimum absolute atomic E-state index is 0.212. The molecule has 0 spiro atoms. The van der Waals surface area contributed by atoms with E-state index in [0.717, 1.165) is 49.0 Å². The molecule has 0 radical (unpaired) electrons. The van der Waals surface area contributed by atoms with Crippen molar-refractivity contribution in [3.05, 3.63) is 41.2 Å². The molecule has 1 saturated carbocycles. The summed E-state index contributed by atoms with van der Waals surface area (Å²) in [7, 11) is 0. The average Bonchev–Trinajstić information content (AvgIpc) is 2.83. The Morgan fingerprint density at radius 2 is 1.56 bits per heavy atom. The molecule has 3 rings (SSSR count). The highest BCUT2D eigenvalue weighted by Crippen LogP contribution is 2.37. The lowest BCUT2D eigenvalue weighted by atomic mass is 9.76. The van der Waals surface area contributed by atoms with Crippen LogP contribution in [0.3, 0.4) is 0 Å². The van der Waals surface area contributed by atoms with Crippen molar-refractivity contribution < 1.29 is 9.13 Å². The summed E-state index contributed by atoms with van der Waals surface area (Å²) in [6.45, 7) is 5.03. The predicted octanol–water partition coefficient (Wildman–Crippen LogP) is 9.44. The van der Waals surface area contributed by atoms with Crippen LogP contribution in [0.1, 0.15) is 116 Å². The van der Waals surface area contributed by atoms with Crippen molar-refractivity contribution in [3.8, 4) is 5.75 Å². The van der Waals surface area contributed by atoms with Crippen LogP contribution in [-0.2, 0) is 6.42 Å². The molecule has 1 aromatic carbocycles. The number of unbranched alkanes of at least 4 members (excludes halogenated alkanes) is 2. The molecule has 2 aliphatic rings. The monoisotopic (exact) mass is 442 g/mol. The number of halogens is 1. The van der Waals surface area contributed by atoms with E-state index >= 15 is 0 Å². The van der Waals surface area contributed by atoms with Gasteiger partial charge in [-0.2, -0.15) is 0 Å². The first-order valence-electron chi connectivity index (χ1n) is 13.8. The first-order valence-corrected chi connectivity index (χ1v) is 13.8. The SMILES string of the molecule is CCCCOc1ccc(CCC2=CCC(CCC3CCC(CCCC)CC3)CC2)cc1F. The molecule has 1 atom stereocenters. The summed E-state index contributed by atoms with van der Waals surface area (Å²) in [5.41, 5.74) is 2.67. The highest BCUT2D eigenvalue weighted by Gasteiger charge is 2.22. The van der Waals surface area contributed by atoms with Gasteiger partial charge in [0.25, 0.3) is 0 Å². The Morgan fingerprint density at radius 1 is 0.844 bits per heavy atom. The van der Waals surface area contributed by atoms with Gasteiger partial charge in [0.1, 0.15) is 0 Å². The van der Waals surface area contributed by atoms with Gasteiger partial charge in [-0.15, -0.1) is 0 Å². The minimum atomic E-state index is -0.212. The summed E-state index contributed by atoms with van der Waals surface area (Å²) in [5, 5.41) is 0. The van der Waals surface area contributed by atoms with Gasteiger partial charge in [-0.25, -0.2) is 4.39 Å². The molecule has 0 N–H and O–H groups in total. The Hall–Kier alpha value is -1.31. The molecule has 0 heterocycles. The molecule has 0 amide bonds. The normalized spacial score (nSPS) is 23.7. The van der Waals surface area contributed by atoms with Crippen molar-refractivity contribution in [2.45, 2.75) is 117 Å². The Morgan fingerprint density at radius 3 is 2.22 bits per heavy atom. The molecule has 32 heavy (non-hydrogen) atoms. The number of rotatable bonds is 13. The zero-order valence-corrected chi connectivity index (χ0v) is 20.8. The lowest BCUT2D eigenvalue weighted by Gasteiger charge is -2.30. The third kappa shape index (κ3) is 8.56. The number of allylic oxidation sites excluding steroid dienone is 2. The van der Waals surface area contributed by atoms with Gasteiger partial charge in [-0.3, -0.25) is 0 Å². The van der Waals surface area contributed by atoms with Crippen LogP contribution >= 0.6 is 0 Å². The van der Waals surface area contributed by atoms with E-state index in [4.69, 9.17) is 4.74 Å². The van der Waals surface area contributed by atoms with Gasteiger partial charge in [-0.1, -0.05) is 89.4 Å². The standard InChI is InChI=1S/C30H47FO/c1-3-5-7-24-8-10-25(11-9-24)12-13-26-14-16-27(17-15-26)18-19-28-20-21-30(29(31)23-28)32-22-6-4-2/h16,20-21,23-26H,3-15,17-19,22H2,1-2H3. The van der Waals surface area contributed by atoms with E-state index in [2.05, 4.69) is 19.9 Å². The van der Waals surface area contributed by atoms with Crippen LogP contribution in [0.4, 0.5) is 4.39 Å². The predicted molar refractivity (Wildman–Crippen MR) is 135 cm³/mol. The summed E-state index contributed by atoms with van der Waals surface area (Å²) >= 11 is 0. The molecule has 0 bridgehead atoms. The Kier molecular flexibility index (Phi) is 11.1. The molecule has 2 heteroatoms. The zero-order chi connectivity index (χ0) is 22.6. The van der Waals surface area contributed by atoms with E-state index in [1.54, 1.807) is 11.6 Å². The Labute approximate surface area is 197 Å². The second kappa shape index (κ2) is 14.1. The highest BCUT2D eigenvalue weighted by molar-refractivity contribution is 5.30. The fraction of sp³-hybridized carbons (Fsp3) is 0.733. The van der Waals surface area contributed by atoms with Gasteiger partial charge in [0.2, 0.25) is 0 Å². The van der Waals surface area contributed by atoms with E-state index in [1.165, 1.54) is 77.0 Å². The number of aryl methyl sites for hydroxylation is 1.